The Morgan fingerprint density at radius 1 is 1.14 bits per heavy atom. The molecule has 0 spiro atoms. The fourth-order valence-corrected chi connectivity index (χ4v) is 2.80. The number of benzene rings is 2. The minimum atomic E-state index is -0.203. The average Bonchev–Trinajstić information content (AvgIpc) is 3.03. The van der Waals surface area contributed by atoms with E-state index in [0.29, 0.717) is 35.2 Å². The van der Waals surface area contributed by atoms with Crippen LogP contribution in [0.1, 0.15) is 32.9 Å². The van der Waals surface area contributed by atoms with Crippen LogP contribution in [0.3, 0.4) is 0 Å². The molecule has 0 aliphatic heterocycles. The third-order valence-corrected chi connectivity index (χ3v) is 4.60. The third-order valence-electron chi connectivity index (χ3n) is 4.35. The number of nitrogens with one attached hydrogen (secondary N) is 1. The molecule has 1 heterocycles. The Hall–Kier alpha value is -2.99. The number of aryl methyl sites for hydroxylation is 2. The minimum absolute atomic E-state index is 0.203. The largest absolute Gasteiger partial charge is 0.493 e. The molecule has 0 radical (unpaired) electrons. The van der Waals surface area contributed by atoms with Gasteiger partial charge in [-0.3, -0.25) is 4.79 Å². The van der Waals surface area contributed by atoms with Crippen molar-refractivity contribution in [1.82, 2.24) is 10.5 Å². The van der Waals surface area contributed by atoms with E-state index in [1.165, 1.54) is 7.11 Å². The first-order chi connectivity index (χ1) is 13.5. The number of hydrogen-bond acceptors (Lipinski definition) is 5. The van der Waals surface area contributed by atoms with Gasteiger partial charge in [0.25, 0.3) is 5.91 Å². The van der Waals surface area contributed by atoms with Crippen LogP contribution >= 0.6 is 11.6 Å². The van der Waals surface area contributed by atoms with Crippen molar-refractivity contribution in [3.05, 3.63) is 75.6 Å². The molecule has 0 bridgehead atoms. The van der Waals surface area contributed by atoms with Crippen LogP contribution < -0.4 is 14.8 Å². The number of nitrogens with zero attached hydrogens (tertiary/aromatic N) is 1. The van der Waals surface area contributed by atoms with Crippen LogP contribution in [0, 0.1) is 13.8 Å². The summed E-state index contributed by atoms with van der Waals surface area (Å²) in [7, 11) is 1.54. The van der Waals surface area contributed by atoms with Crippen LogP contribution in [0.4, 0.5) is 0 Å². The molecule has 0 atom stereocenters. The topological polar surface area (TPSA) is 73.6 Å². The zero-order valence-corrected chi connectivity index (χ0v) is 16.7. The van der Waals surface area contributed by atoms with Gasteiger partial charge in [-0.15, -0.1) is 0 Å². The van der Waals surface area contributed by atoms with Crippen LogP contribution in [0.2, 0.25) is 5.02 Å². The summed E-state index contributed by atoms with van der Waals surface area (Å²) in [6, 6.07) is 12.4. The zero-order valence-electron chi connectivity index (χ0n) is 15.9. The van der Waals surface area contributed by atoms with Crippen molar-refractivity contribution in [3.8, 4) is 11.5 Å². The van der Waals surface area contributed by atoms with E-state index in [4.69, 9.17) is 25.6 Å². The fourth-order valence-electron chi connectivity index (χ4n) is 2.67. The summed E-state index contributed by atoms with van der Waals surface area (Å²) in [6.07, 6.45) is 0. The predicted octanol–water partition coefficient (Wildman–Crippen LogP) is 4.46. The Kier molecular flexibility index (Phi) is 6.21. The number of methoxy groups -OCH3 is 1. The first-order valence-electron chi connectivity index (χ1n) is 8.73. The number of carbonyl (C=O) groups excluding carboxylic acids is 1. The molecule has 28 heavy (non-hydrogen) atoms. The van der Waals surface area contributed by atoms with E-state index in [9.17, 15) is 4.79 Å². The Morgan fingerprint density at radius 2 is 1.89 bits per heavy atom. The highest BCUT2D eigenvalue weighted by molar-refractivity contribution is 6.30. The van der Waals surface area contributed by atoms with Gasteiger partial charge in [-0.1, -0.05) is 28.9 Å². The van der Waals surface area contributed by atoms with Gasteiger partial charge >= 0.3 is 0 Å². The van der Waals surface area contributed by atoms with E-state index in [0.717, 1.165) is 22.6 Å². The predicted molar refractivity (Wildman–Crippen MR) is 106 cm³/mol. The maximum atomic E-state index is 12.4. The number of amides is 1. The Bertz CT molecular complexity index is 948. The SMILES string of the molecule is COc1cc(C(=O)NCc2ccc(Cl)cc2)ccc1OCc1c(C)noc1C. The molecule has 0 fully saturated rings. The molecule has 0 unspecified atom stereocenters. The summed E-state index contributed by atoms with van der Waals surface area (Å²) in [5, 5.41) is 7.45. The van der Waals surface area contributed by atoms with Gasteiger partial charge in [0.15, 0.2) is 11.5 Å². The van der Waals surface area contributed by atoms with Crippen molar-refractivity contribution in [3.63, 3.8) is 0 Å². The van der Waals surface area contributed by atoms with Crippen LogP contribution in [0.25, 0.3) is 0 Å². The molecule has 1 N–H and O–H groups in total. The maximum Gasteiger partial charge on any atom is 0.251 e. The van der Waals surface area contributed by atoms with E-state index in [-0.39, 0.29) is 5.91 Å². The molecular formula is C21H21ClN2O4. The molecule has 146 valence electrons. The van der Waals surface area contributed by atoms with E-state index in [1.807, 2.05) is 26.0 Å². The van der Waals surface area contributed by atoms with Gasteiger partial charge in [0.2, 0.25) is 0 Å². The van der Waals surface area contributed by atoms with Gasteiger partial charge in [0, 0.05) is 17.1 Å². The molecule has 1 aromatic heterocycles. The zero-order chi connectivity index (χ0) is 20.1. The van der Waals surface area contributed by atoms with Gasteiger partial charge in [0.1, 0.15) is 12.4 Å². The average molecular weight is 401 g/mol. The molecule has 0 aliphatic carbocycles. The Labute approximate surface area is 168 Å². The first kappa shape index (κ1) is 19.8. The van der Waals surface area contributed by atoms with Gasteiger partial charge in [-0.25, -0.2) is 0 Å². The number of carbonyl (C=O) groups is 1. The highest BCUT2D eigenvalue weighted by atomic mass is 35.5. The van der Waals surface area contributed by atoms with Crippen LogP contribution in [0.5, 0.6) is 11.5 Å². The molecule has 0 saturated carbocycles. The van der Waals surface area contributed by atoms with E-state index >= 15 is 0 Å². The Balaban J connectivity index is 1.66. The number of rotatable bonds is 7. The minimum Gasteiger partial charge on any atom is -0.493 e. The summed E-state index contributed by atoms with van der Waals surface area (Å²) >= 11 is 5.87. The standard InChI is InChI=1S/C21H21ClN2O4/c1-13-18(14(2)28-24-13)12-27-19-9-6-16(10-20(19)26-3)21(25)23-11-15-4-7-17(22)8-5-15/h4-10H,11-12H2,1-3H3,(H,23,25). The molecule has 6 nitrogen and oxygen atoms in total. The highest BCUT2D eigenvalue weighted by Gasteiger charge is 2.14. The van der Waals surface area contributed by atoms with Crippen molar-refractivity contribution in [2.45, 2.75) is 27.0 Å². The third kappa shape index (κ3) is 4.64. The molecule has 0 aliphatic rings. The van der Waals surface area contributed by atoms with Crippen molar-refractivity contribution in [2.24, 2.45) is 0 Å². The summed E-state index contributed by atoms with van der Waals surface area (Å²) in [5.74, 6) is 1.53. The molecule has 3 aromatic rings. The highest BCUT2D eigenvalue weighted by Crippen LogP contribution is 2.29. The van der Waals surface area contributed by atoms with Crippen LogP contribution in [-0.2, 0) is 13.2 Å². The van der Waals surface area contributed by atoms with Crippen molar-refractivity contribution >= 4 is 17.5 Å². The normalized spacial score (nSPS) is 10.6. The molecular weight excluding hydrogens is 380 g/mol. The summed E-state index contributed by atoms with van der Waals surface area (Å²) in [5.41, 5.74) is 3.13. The monoisotopic (exact) mass is 400 g/mol. The molecule has 7 heteroatoms. The Morgan fingerprint density at radius 3 is 2.54 bits per heavy atom. The number of aromatic nitrogens is 1. The second kappa shape index (κ2) is 8.80. The smallest absolute Gasteiger partial charge is 0.251 e. The maximum absolute atomic E-state index is 12.4. The lowest BCUT2D eigenvalue weighted by atomic mass is 10.1. The summed E-state index contributed by atoms with van der Waals surface area (Å²) in [6.45, 7) is 4.41. The van der Waals surface area contributed by atoms with E-state index in [1.54, 1.807) is 30.3 Å². The van der Waals surface area contributed by atoms with Crippen molar-refractivity contribution < 1.29 is 18.8 Å². The van der Waals surface area contributed by atoms with Gasteiger partial charge in [-0.05, 0) is 49.7 Å². The molecule has 3 rings (SSSR count). The first-order valence-corrected chi connectivity index (χ1v) is 9.11. The van der Waals surface area contributed by atoms with Crippen molar-refractivity contribution in [2.75, 3.05) is 7.11 Å². The van der Waals surface area contributed by atoms with Crippen molar-refractivity contribution in [1.29, 1.82) is 0 Å². The summed E-state index contributed by atoms with van der Waals surface area (Å²) < 4.78 is 16.4. The second-order valence-corrected chi connectivity index (χ2v) is 6.70. The number of halogens is 1. The van der Waals surface area contributed by atoms with Gasteiger partial charge < -0.3 is 19.3 Å². The van der Waals surface area contributed by atoms with E-state index < -0.39 is 0 Å². The van der Waals surface area contributed by atoms with Crippen LogP contribution in [-0.4, -0.2) is 18.2 Å². The molecule has 0 saturated heterocycles. The van der Waals surface area contributed by atoms with Gasteiger partial charge in [-0.2, -0.15) is 0 Å². The summed E-state index contributed by atoms with van der Waals surface area (Å²) in [4.78, 5) is 12.4. The van der Waals surface area contributed by atoms with Gasteiger partial charge in [0.05, 0.1) is 18.4 Å². The second-order valence-electron chi connectivity index (χ2n) is 6.27. The lowest BCUT2D eigenvalue weighted by molar-refractivity contribution is 0.0950. The van der Waals surface area contributed by atoms with Crippen LogP contribution in [0.15, 0.2) is 47.0 Å². The lowest BCUT2D eigenvalue weighted by Gasteiger charge is -2.12. The molecule has 2 aromatic carbocycles. The fraction of sp³-hybridized carbons (Fsp3) is 0.238. The lowest BCUT2D eigenvalue weighted by Crippen LogP contribution is -2.22. The number of hydrogen-bond donors (Lipinski definition) is 1. The molecule has 1 amide bonds. The number of ether oxygens (including phenoxy) is 2. The van der Waals surface area contributed by atoms with E-state index in [2.05, 4.69) is 10.5 Å². The quantitative estimate of drug-likeness (QED) is 0.633.